The molecule has 4 rings (SSSR count). The number of hydrogen-bond donors (Lipinski definition) is 3. The highest BCUT2D eigenvalue weighted by atomic mass is 19.4. The zero-order chi connectivity index (χ0) is 37.3. The van der Waals surface area contributed by atoms with Gasteiger partial charge in [-0.3, -0.25) is 15.2 Å². The summed E-state index contributed by atoms with van der Waals surface area (Å²) in [6.45, 7) is 5.87. The summed E-state index contributed by atoms with van der Waals surface area (Å²) in [4.78, 5) is 46.9. The Hall–Kier alpha value is -5.66. The highest BCUT2D eigenvalue weighted by Gasteiger charge is 2.39. The van der Waals surface area contributed by atoms with Gasteiger partial charge < -0.3 is 30.1 Å². The van der Waals surface area contributed by atoms with Gasteiger partial charge >= 0.3 is 18.1 Å². The molecule has 0 atom stereocenters. The number of aromatic hydroxyl groups is 1. The molecule has 0 spiro atoms. The fourth-order valence-electron chi connectivity index (χ4n) is 5.63. The highest BCUT2D eigenvalue weighted by Crippen LogP contribution is 2.42. The summed E-state index contributed by atoms with van der Waals surface area (Å²) in [7, 11) is 0. The molecule has 0 unspecified atom stereocenters. The summed E-state index contributed by atoms with van der Waals surface area (Å²) in [6, 6.07) is 13.6. The molecule has 0 aliphatic carbocycles. The van der Waals surface area contributed by atoms with Crippen molar-refractivity contribution in [3.63, 3.8) is 0 Å². The molecular formula is C37H40F3N5O6. The predicted octanol–water partition coefficient (Wildman–Crippen LogP) is 6.29. The third-order valence-corrected chi connectivity index (χ3v) is 8.14. The van der Waals surface area contributed by atoms with Crippen LogP contribution >= 0.6 is 0 Å². The molecule has 0 saturated carbocycles. The summed E-state index contributed by atoms with van der Waals surface area (Å²) in [5.74, 6) is -2.96. The number of halogens is 3. The maximum atomic E-state index is 14.3. The monoisotopic (exact) mass is 707 g/mol. The Morgan fingerprint density at radius 2 is 1.63 bits per heavy atom. The van der Waals surface area contributed by atoms with Crippen molar-refractivity contribution in [3.8, 4) is 5.75 Å². The number of rotatable bonds is 11. The van der Waals surface area contributed by atoms with Crippen molar-refractivity contribution in [2.24, 2.45) is 10.7 Å². The Morgan fingerprint density at radius 3 is 2.25 bits per heavy atom. The zero-order valence-electron chi connectivity index (χ0n) is 28.5. The minimum Gasteiger partial charge on any atom is -0.507 e. The van der Waals surface area contributed by atoms with Crippen LogP contribution in [0.3, 0.4) is 0 Å². The van der Waals surface area contributed by atoms with E-state index in [4.69, 9.17) is 20.6 Å². The Labute approximate surface area is 293 Å². The summed E-state index contributed by atoms with van der Waals surface area (Å²) in [6.07, 6.45) is -0.452. The number of anilines is 1. The fourth-order valence-corrected chi connectivity index (χ4v) is 5.63. The van der Waals surface area contributed by atoms with Gasteiger partial charge in [0.1, 0.15) is 17.1 Å². The smallest absolute Gasteiger partial charge is 0.421 e. The van der Waals surface area contributed by atoms with Crippen LogP contribution in [0.2, 0.25) is 0 Å². The number of esters is 2. The summed E-state index contributed by atoms with van der Waals surface area (Å²) in [5.41, 5.74) is 4.86. The molecule has 4 N–H and O–H groups in total. The summed E-state index contributed by atoms with van der Waals surface area (Å²) in [5, 5.41) is 18.1. The molecule has 11 nitrogen and oxygen atoms in total. The molecule has 1 aliphatic rings. The molecule has 270 valence electrons. The molecule has 51 heavy (non-hydrogen) atoms. The first kappa shape index (κ1) is 38.1. The maximum absolute atomic E-state index is 14.3. The van der Waals surface area contributed by atoms with Crippen molar-refractivity contribution >= 4 is 41.3 Å². The van der Waals surface area contributed by atoms with Gasteiger partial charge in [0.2, 0.25) is 0 Å². The lowest BCUT2D eigenvalue weighted by molar-refractivity contribution is -0.138. The highest BCUT2D eigenvalue weighted by molar-refractivity contribution is 6.10. The van der Waals surface area contributed by atoms with Gasteiger partial charge in [0.25, 0.3) is 5.91 Å². The van der Waals surface area contributed by atoms with Crippen LogP contribution in [-0.4, -0.2) is 78.4 Å². The number of aliphatic imine (C=N–C) groups is 1. The number of amidine groups is 2. The van der Waals surface area contributed by atoms with E-state index < -0.39 is 47.6 Å². The van der Waals surface area contributed by atoms with Crippen LogP contribution in [0.5, 0.6) is 5.75 Å². The van der Waals surface area contributed by atoms with Crippen molar-refractivity contribution in [2.45, 2.75) is 45.8 Å². The number of amides is 1. The van der Waals surface area contributed by atoms with Crippen LogP contribution in [-0.2, 0) is 15.7 Å². The van der Waals surface area contributed by atoms with Crippen molar-refractivity contribution in [1.82, 2.24) is 4.90 Å². The number of piperidine rings is 1. The summed E-state index contributed by atoms with van der Waals surface area (Å²) >= 11 is 0. The number of ether oxygens (including phenoxy) is 2. The molecule has 3 aromatic carbocycles. The number of likely N-dealkylation sites (tertiary alicyclic amines) is 1. The van der Waals surface area contributed by atoms with E-state index in [1.165, 1.54) is 24.3 Å². The summed E-state index contributed by atoms with van der Waals surface area (Å²) < 4.78 is 52.9. The second kappa shape index (κ2) is 16.8. The molecule has 1 heterocycles. The SMILES string of the molecule is CCOC(=O)c1ccc(C(=O)N(C/C=C\c2cccc(C(N)=NC3CCN(C(C)=N)CC3)c2)c2cccc(O)c2C(F)(F)F)cc1C(=O)OCC. The van der Waals surface area contributed by atoms with E-state index in [1.54, 1.807) is 51.1 Å². The number of alkyl halides is 3. The van der Waals surface area contributed by atoms with E-state index >= 15 is 0 Å². The van der Waals surface area contributed by atoms with Gasteiger partial charge in [0.15, 0.2) is 0 Å². The van der Waals surface area contributed by atoms with Gasteiger partial charge in [-0.05, 0) is 75.6 Å². The van der Waals surface area contributed by atoms with E-state index in [-0.39, 0.29) is 35.9 Å². The normalized spacial score (nSPS) is 14.0. The van der Waals surface area contributed by atoms with Gasteiger partial charge in [0.05, 0.1) is 41.9 Å². The Kier molecular flexibility index (Phi) is 12.6. The van der Waals surface area contributed by atoms with Gasteiger partial charge in [0, 0.05) is 30.8 Å². The first-order valence-corrected chi connectivity index (χ1v) is 16.3. The van der Waals surface area contributed by atoms with Crippen LogP contribution in [0, 0.1) is 5.41 Å². The van der Waals surface area contributed by atoms with E-state index in [1.807, 2.05) is 4.90 Å². The van der Waals surface area contributed by atoms with Crippen LogP contribution < -0.4 is 10.6 Å². The number of carbonyl (C=O) groups is 3. The Balaban J connectivity index is 1.68. The van der Waals surface area contributed by atoms with E-state index in [0.717, 1.165) is 35.9 Å². The number of nitrogens with two attached hydrogens (primary N) is 1. The number of carbonyl (C=O) groups excluding carboxylic acids is 3. The van der Waals surface area contributed by atoms with Crippen molar-refractivity contribution in [2.75, 3.05) is 37.7 Å². The lowest BCUT2D eigenvalue weighted by Crippen LogP contribution is -2.38. The van der Waals surface area contributed by atoms with Crippen molar-refractivity contribution in [1.29, 1.82) is 5.41 Å². The largest absolute Gasteiger partial charge is 0.507 e. The quantitative estimate of drug-likeness (QED) is 0.119. The number of nitrogens with one attached hydrogen (secondary N) is 1. The number of nitrogens with zero attached hydrogens (tertiary/aromatic N) is 3. The van der Waals surface area contributed by atoms with E-state index in [9.17, 15) is 32.7 Å². The van der Waals surface area contributed by atoms with Crippen LogP contribution in [0.1, 0.15) is 81.4 Å². The van der Waals surface area contributed by atoms with Gasteiger partial charge in [-0.25, -0.2) is 9.59 Å². The number of benzene rings is 3. The third kappa shape index (κ3) is 9.53. The first-order valence-electron chi connectivity index (χ1n) is 16.3. The van der Waals surface area contributed by atoms with E-state index in [0.29, 0.717) is 35.9 Å². The van der Waals surface area contributed by atoms with Crippen LogP contribution in [0.25, 0.3) is 6.08 Å². The molecule has 0 radical (unpaired) electrons. The number of hydrogen-bond acceptors (Lipinski definition) is 8. The minimum atomic E-state index is -5.03. The topological polar surface area (TPSA) is 159 Å². The van der Waals surface area contributed by atoms with Gasteiger partial charge in [-0.15, -0.1) is 0 Å². The Bertz CT molecular complexity index is 1830. The molecular weight excluding hydrogens is 667 g/mol. The molecule has 1 amide bonds. The average molecular weight is 708 g/mol. The van der Waals surface area contributed by atoms with Crippen LogP contribution in [0.15, 0.2) is 71.7 Å². The molecule has 1 fully saturated rings. The minimum absolute atomic E-state index is 0.000173. The van der Waals surface area contributed by atoms with Gasteiger partial charge in [-0.2, -0.15) is 13.2 Å². The fraction of sp³-hybridized carbons (Fsp3) is 0.324. The lowest BCUT2D eigenvalue weighted by atomic mass is 10.0. The van der Waals surface area contributed by atoms with Crippen molar-refractivity contribution in [3.05, 3.63) is 100 Å². The van der Waals surface area contributed by atoms with Crippen molar-refractivity contribution < 1.29 is 42.1 Å². The van der Waals surface area contributed by atoms with E-state index in [2.05, 4.69) is 4.99 Å². The number of phenols is 1. The molecule has 14 heteroatoms. The molecule has 1 saturated heterocycles. The maximum Gasteiger partial charge on any atom is 0.421 e. The first-order chi connectivity index (χ1) is 24.2. The lowest BCUT2D eigenvalue weighted by Gasteiger charge is -2.31. The Morgan fingerprint density at radius 1 is 0.980 bits per heavy atom. The van der Waals surface area contributed by atoms with Gasteiger partial charge in [-0.1, -0.05) is 36.4 Å². The average Bonchev–Trinajstić information content (AvgIpc) is 3.09. The second-order valence-corrected chi connectivity index (χ2v) is 11.6. The molecule has 0 aromatic heterocycles. The predicted molar refractivity (Wildman–Crippen MR) is 187 cm³/mol. The third-order valence-electron chi connectivity index (χ3n) is 8.14. The molecule has 1 aliphatic heterocycles. The second-order valence-electron chi connectivity index (χ2n) is 11.6. The molecule has 3 aromatic rings. The van der Waals surface area contributed by atoms with Crippen LogP contribution in [0.4, 0.5) is 18.9 Å². The number of phenolic OH excluding ortho intramolecular Hbond substituents is 1. The molecule has 0 bridgehead atoms. The zero-order valence-corrected chi connectivity index (χ0v) is 28.5. The standard InChI is InChI=1S/C37H40F3N5O6/c1-4-50-35(48)28-15-14-26(22-29(28)36(49)51-5-2)34(47)45(30-12-7-13-31(46)32(30)37(38,39)40)18-8-10-24-9-6-11-25(21-24)33(42)43-27-16-19-44(20-17-27)23(3)41/h6-15,21-22,27,41,46H,4-5,16-20H2,1-3H3,(H2,42,43)/b10-8-,41-23?.